The number of aliphatic carboxylic acids is 1. The number of rotatable bonds is 5. The molecule has 0 aliphatic carbocycles. The summed E-state index contributed by atoms with van der Waals surface area (Å²) in [6, 6.07) is -1.49. The first-order valence-corrected chi connectivity index (χ1v) is 6.31. The van der Waals surface area contributed by atoms with Crippen molar-refractivity contribution in [3.05, 3.63) is 26.3 Å². The molecule has 1 amide bonds. The number of carboxylic acid groups (broad SMARTS) is 1. The summed E-state index contributed by atoms with van der Waals surface area (Å²) in [6.45, 7) is 0. The number of carbonyl (C=O) groups excluding carboxylic acids is 1. The number of hydrogen-bond acceptors (Lipinski definition) is 4. The SMILES string of the molecule is COc1c(F)c(CC(N)C(=O)O)c(F)c(I)c1C(N)=O. The van der Waals surface area contributed by atoms with Gasteiger partial charge in [0.25, 0.3) is 5.91 Å². The lowest BCUT2D eigenvalue weighted by Crippen LogP contribution is -2.33. The number of benzene rings is 1. The molecule has 110 valence electrons. The normalized spacial score (nSPS) is 12.1. The van der Waals surface area contributed by atoms with E-state index >= 15 is 0 Å². The molecule has 20 heavy (non-hydrogen) atoms. The van der Waals surface area contributed by atoms with Crippen LogP contribution in [0.1, 0.15) is 15.9 Å². The van der Waals surface area contributed by atoms with Crippen molar-refractivity contribution in [3.63, 3.8) is 0 Å². The Morgan fingerprint density at radius 3 is 2.35 bits per heavy atom. The molecular weight excluding hydrogens is 389 g/mol. The minimum Gasteiger partial charge on any atom is -0.493 e. The summed E-state index contributed by atoms with van der Waals surface area (Å²) in [5.41, 5.74) is 9.31. The van der Waals surface area contributed by atoms with E-state index in [-0.39, 0.29) is 3.57 Å². The van der Waals surface area contributed by atoms with Crippen molar-refractivity contribution in [3.8, 4) is 5.75 Å². The van der Waals surface area contributed by atoms with E-state index in [1.165, 1.54) is 22.6 Å². The molecule has 0 saturated carbocycles. The van der Waals surface area contributed by atoms with Gasteiger partial charge in [0.05, 0.1) is 10.7 Å². The van der Waals surface area contributed by atoms with Gasteiger partial charge >= 0.3 is 5.97 Å². The number of ether oxygens (including phenoxy) is 1. The summed E-state index contributed by atoms with van der Waals surface area (Å²) >= 11 is 1.46. The second-order valence-electron chi connectivity index (χ2n) is 3.84. The highest BCUT2D eigenvalue weighted by Gasteiger charge is 2.28. The van der Waals surface area contributed by atoms with E-state index in [2.05, 4.69) is 0 Å². The van der Waals surface area contributed by atoms with Crippen molar-refractivity contribution < 1.29 is 28.2 Å². The Morgan fingerprint density at radius 2 is 1.95 bits per heavy atom. The van der Waals surface area contributed by atoms with Gasteiger partial charge in [0.15, 0.2) is 11.6 Å². The summed E-state index contributed by atoms with van der Waals surface area (Å²) < 4.78 is 32.7. The zero-order chi connectivity index (χ0) is 15.6. The summed E-state index contributed by atoms with van der Waals surface area (Å²) in [6.07, 6.45) is -0.585. The molecule has 5 N–H and O–H groups in total. The lowest BCUT2D eigenvalue weighted by Gasteiger charge is -2.15. The van der Waals surface area contributed by atoms with Crippen LogP contribution in [0.2, 0.25) is 0 Å². The standard InChI is InChI=1S/C11H11F2IN2O4/c1-20-9-5(10(16)17)8(14)6(12)3(7(9)13)2-4(15)11(18)19/h4H,2,15H2,1H3,(H2,16,17)(H,18,19). The zero-order valence-electron chi connectivity index (χ0n) is 10.2. The molecule has 1 atom stereocenters. The fraction of sp³-hybridized carbons (Fsp3) is 0.273. The third-order valence-corrected chi connectivity index (χ3v) is 3.57. The molecule has 0 saturated heterocycles. The Morgan fingerprint density at radius 1 is 1.40 bits per heavy atom. The lowest BCUT2D eigenvalue weighted by atomic mass is 10.0. The average Bonchev–Trinajstić information content (AvgIpc) is 2.37. The maximum Gasteiger partial charge on any atom is 0.320 e. The largest absolute Gasteiger partial charge is 0.493 e. The van der Waals surface area contributed by atoms with Crippen molar-refractivity contribution in [2.45, 2.75) is 12.5 Å². The second kappa shape index (κ2) is 6.31. The number of hydrogen-bond donors (Lipinski definition) is 3. The van der Waals surface area contributed by atoms with Crippen LogP contribution in [-0.4, -0.2) is 30.1 Å². The zero-order valence-corrected chi connectivity index (χ0v) is 12.4. The minimum atomic E-state index is -1.49. The molecular formula is C11H11F2IN2O4. The Bertz CT molecular complexity index is 580. The van der Waals surface area contributed by atoms with Crippen LogP contribution in [0.3, 0.4) is 0 Å². The van der Waals surface area contributed by atoms with Crippen LogP contribution < -0.4 is 16.2 Å². The Hall–Kier alpha value is -1.49. The minimum absolute atomic E-state index is 0.249. The molecule has 9 heteroatoms. The quantitative estimate of drug-likeness (QED) is 0.496. The van der Waals surface area contributed by atoms with Crippen molar-refractivity contribution in [1.82, 2.24) is 0 Å². The highest BCUT2D eigenvalue weighted by atomic mass is 127. The molecule has 1 aromatic rings. The number of amides is 1. The van der Waals surface area contributed by atoms with Crippen LogP contribution in [0, 0.1) is 15.2 Å². The van der Waals surface area contributed by atoms with Gasteiger partial charge in [-0.25, -0.2) is 8.78 Å². The first-order chi connectivity index (χ1) is 9.22. The van der Waals surface area contributed by atoms with Crippen LogP contribution in [0.4, 0.5) is 8.78 Å². The molecule has 1 aromatic carbocycles. The van der Waals surface area contributed by atoms with Gasteiger partial charge in [-0.15, -0.1) is 0 Å². The summed E-state index contributed by atoms with van der Waals surface area (Å²) in [5, 5.41) is 8.69. The third-order valence-electron chi connectivity index (χ3n) is 2.56. The van der Waals surface area contributed by atoms with Gasteiger partial charge in [-0.2, -0.15) is 0 Å². The van der Waals surface area contributed by atoms with E-state index < -0.39 is 52.9 Å². The van der Waals surface area contributed by atoms with E-state index in [0.717, 1.165) is 7.11 Å². The van der Waals surface area contributed by atoms with E-state index in [1.54, 1.807) is 0 Å². The molecule has 0 fully saturated rings. The molecule has 0 radical (unpaired) electrons. The maximum atomic E-state index is 14.1. The van der Waals surface area contributed by atoms with Crippen molar-refractivity contribution in [2.75, 3.05) is 7.11 Å². The third kappa shape index (κ3) is 2.98. The van der Waals surface area contributed by atoms with Gasteiger partial charge in [0, 0.05) is 12.0 Å². The van der Waals surface area contributed by atoms with Gasteiger partial charge in [0.1, 0.15) is 17.4 Å². The number of methoxy groups -OCH3 is 1. The fourth-order valence-corrected chi connectivity index (χ4v) is 2.42. The van der Waals surface area contributed by atoms with Gasteiger partial charge in [-0.3, -0.25) is 9.59 Å². The summed E-state index contributed by atoms with van der Waals surface area (Å²) in [4.78, 5) is 21.9. The highest BCUT2D eigenvalue weighted by Crippen LogP contribution is 2.33. The highest BCUT2D eigenvalue weighted by molar-refractivity contribution is 14.1. The topological polar surface area (TPSA) is 116 Å². The number of halogens is 3. The average molecular weight is 400 g/mol. The molecule has 1 rings (SSSR count). The molecule has 1 unspecified atom stereocenters. The predicted molar refractivity (Wildman–Crippen MR) is 73.5 cm³/mol. The number of primary amides is 1. The first-order valence-electron chi connectivity index (χ1n) is 5.23. The van der Waals surface area contributed by atoms with Gasteiger partial charge in [-0.05, 0) is 22.6 Å². The Balaban J connectivity index is 3.52. The number of nitrogens with two attached hydrogens (primary N) is 2. The maximum absolute atomic E-state index is 14.1. The van der Waals surface area contributed by atoms with Gasteiger partial charge < -0.3 is 21.3 Å². The van der Waals surface area contributed by atoms with E-state index in [0.29, 0.717) is 0 Å². The molecule has 0 aliphatic heterocycles. The monoisotopic (exact) mass is 400 g/mol. The van der Waals surface area contributed by atoms with Crippen LogP contribution >= 0.6 is 22.6 Å². The van der Waals surface area contributed by atoms with E-state index in [1.807, 2.05) is 0 Å². The van der Waals surface area contributed by atoms with Crippen LogP contribution in [0.25, 0.3) is 0 Å². The lowest BCUT2D eigenvalue weighted by molar-refractivity contribution is -0.138. The van der Waals surface area contributed by atoms with Gasteiger partial charge in [0.2, 0.25) is 0 Å². The van der Waals surface area contributed by atoms with Crippen molar-refractivity contribution >= 4 is 34.5 Å². The van der Waals surface area contributed by atoms with E-state index in [9.17, 15) is 18.4 Å². The molecule has 0 spiro atoms. The Labute approximate surface area is 126 Å². The summed E-state index contributed by atoms with van der Waals surface area (Å²) in [5.74, 6) is -5.25. The van der Waals surface area contributed by atoms with Crippen LogP contribution in [0.15, 0.2) is 0 Å². The van der Waals surface area contributed by atoms with Crippen LogP contribution in [0.5, 0.6) is 5.75 Å². The van der Waals surface area contributed by atoms with E-state index in [4.69, 9.17) is 21.3 Å². The van der Waals surface area contributed by atoms with Gasteiger partial charge in [-0.1, -0.05) is 0 Å². The summed E-state index contributed by atoms with van der Waals surface area (Å²) in [7, 11) is 1.08. The van der Waals surface area contributed by atoms with Crippen LogP contribution in [-0.2, 0) is 11.2 Å². The molecule has 0 heterocycles. The molecule has 0 bridgehead atoms. The Kier molecular flexibility index (Phi) is 5.22. The first kappa shape index (κ1) is 16.6. The number of carboxylic acids is 1. The predicted octanol–water partition coefficient (Wildman–Crippen LogP) is 0.631. The molecule has 6 nitrogen and oxygen atoms in total. The molecule has 0 aromatic heterocycles. The fourth-order valence-electron chi connectivity index (χ4n) is 1.58. The van der Waals surface area contributed by atoms with Crippen molar-refractivity contribution in [2.24, 2.45) is 11.5 Å². The molecule has 0 aliphatic rings. The number of carbonyl (C=O) groups is 2. The van der Waals surface area contributed by atoms with Crippen molar-refractivity contribution in [1.29, 1.82) is 0 Å². The second-order valence-corrected chi connectivity index (χ2v) is 4.92. The smallest absolute Gasteiger partial charge is 0.320 e.